The van der Waals surface area contributed by atoms with Gasteiger partial charge in [-0.15, -0.1) is 5.10 Å². The van der Waals surface area contributed by atoms with Gasteiger partial charge in [0.15, 0.2) is 0 Å². The fraction of sp³-hybridized carbons (Fsp3) is 0.467. The summed E-state index contributed by atoms with van der Waals surface area (Å²) < 4.78 is 5.57. The zero-order valence-electron chi connectivity index (χ0n) is 12.0. The number of benzene rings is 1. The smallest absolute Gasteiger partial charge is 0.315 e. The number of aromatic nitrogens is 2. The van der Waals surface area contributed by atoms with Gasteiger partial charge in [0.25, 0.3) is 0 Å². The van der Waals surface area contributed by atoms with Crippen molar-refractivity contribution in [2.75, 3.05) is 5.32 Å². The Morgan fingerprint density at radius 1 is 1.05 bits per heavy atom. The van der Waals surface area contributed by atoms with Crippen molar-refractivity contribution >= 4 is 6.01 Å². The lowest BCUT2D eigenvalue weighted by molar-refractivity contribution is 0.485. The van der Waals surface area contributed by atoms with E-state index in [1.54, 1.807) is 0 Å². The van der Waals surface area contributed by atoms with E-state index in [0.717, 1.165) is 12.8 Å². The van der Waals surface area contributed by atoms with E-state index in [1.807, 2.05) is 0 Å². The highest BCUT2D eigenvalue weighted by atomic mass is 16.4. The minimum absolute atomic E-state index is 0.0687. The molecule has 102 valence electrons. The van der Waals surface area contributed by atoms with Gasteiger partial charge in [-0.1, -0.05) is 34.9 Å². The zero-order valence-corrected chi connectivity index (χ0v) is 12.0. The summed E-state index contributed by atoms with van der Waals surface area (Å²) in [5.74, 6) is 0.673. The molecule has 0 aliphatic carbocycles. The van der Waals surface area contributed by atoms with Gasteiger partial charge < -0.3 is 9.73 Å². The molecule has 1 aromatic heterocycles. The maximum Gasteiger partial charge on any atom is 0.315 e. The summed E-state index contributed by atoms with van der Waals surface area (Å²) in [5.41, 5.74) is 2.49. The van der Waals surface area contributed by atoms with Gasteiger partial charge in [-0.3, -0.25) is 0 Å². The maximum atomic E-state index is 5.57. The van der Waals surface area contributed by atoms with Gasteiger partial charge >= 0.3 is 6.01 Å². The third-order valence-corrected chi connectivity index (χ3v) is 2.70. The van der Waals surface area contributed by atoms with Gasteiger partial charge in [-0.2, -0.15) is 0 Å². The standard InChI is InChI=1S/C15H21N3O/c1-11-5-7-12(8-6-11)9-10-13-17-18-14(19-13)16-15(2,3)4/h5-8H,9-10H2,1-4H3,(H,16,18). The molecule has 2 aromatic rings. The molecule has 0 bridgehead atoms. The lowest BCUT2D eigenvalue weighted by Gasteiger charge is -2.17. The Balaban J connectivity index is 1.91. The monoisotopic (exact) mass is 259 g/mol. The summed E-state index contributed by atoms with van der Waals surface area (Å²) in [6.45, 7) is 8.27. The van der Waals surface area contributed by atoms with Crippen molar-refractivity contribution in [2.24, 2.45) is 0 Å². The van der Waals surface area contributed by atoms with Crippen molar-refractivity contribution in [3.05, 3.63) is 41.3 Å². The van der Waals surface area contributed by atoms with Crippen molar-refractivity contribution in [3.63, 3.8) is 0 Å². The molecule has 0 saturated carbocycles. The van der Waals surface area contributed by atoms with Crippen molar-refractivity contribution in [1.82, 2.24) is 10.2 Å². The van der Waals surface area contributed by atoms with Crippen LogP contribution in [0.4, 0.5) is 6.01 Å². The number of anilines is 1. The van der Waals surface area contributed by atoms with E-state index in [9.17, 15) is 0 Å². The number of nitrogens with one attached hydrogen (secondary N) is 1. The van der Waals surface area contributed by atoms with Crippen LogP contribution in [0.25, 0.3) is 0 Å². The first-order valence-corrected chi connectivity index (χ1v) is 6.58. The normalized spacial score (nSPS) is 11.6. The number of rotatable bonds is 4. The Labute approximate surface area is 114 Å². The van der Waals surface area contributed by atoms with Crippen LogP contribution in [-0.2, 0) is 12.8 Å². The fourth-order valence-electron chi connectivity index (χ4n) is 1.73. The third-order valence-electron chi connectivity index (χ3n) is 2.70. The van der Waals surface area contributed by atoms with E-state index >= 15 is 0 Å². The van der Waals surface area contributed by atoms with Crippen LogP contribution in [0.15, 0.2) is 28.7 Å². The molecule has 19 heavy (non-hydrogen) atoms. The minimum atomic E-state index is -0.0687. The van der Waals surface area contributed by atoms with Crippen LogP contribution in [0, 0.1) is 6.92 Å². The first kappa shape index (κ1) is 13.6. The molecule has 0 aliphatic heterocycles. The molecule has 4 heteroatoms. The van der Waals surface area contributed by atoms with Gasteiger partial charge in [0.2, 0.25) is 5.89 Å². The highest BCUT2D eigenvalue weighted by Gasteiger charge is 2.14. The molecule has 0 atom stereocenters. The zero-order chi connectivity index (χ0) is 13.9. The van der Waals surface area contributed by atoms with Crippen molar-refractivity contribution in [3.8, 4) is 0 Å². The van der Waals surface area contributed by atoms with E-state index < -0.39 is 0 Å². The predicted octanol–water partition coefficient (Wildman–Crippen LogP) is 3.37. The Hall–Kier alpha value is -1.84. The summed E-state index contributed by atoms with van der Waals surface area (Å²) in [6.07, 6.45) is 1.68. The second-order valence-electron chi connectivity index (χ2n) is 5.86. The number of aryl methyl sites for hydroxylation is 3. The summed E-state index contributed by atoms with van der Waals surface area (Å²) in [5, 5.41) is 11.2. The van der Waals surface area contributed by atoms with Crippen LogP contribution in [0.2, 0.25) is 0 Å². The molecule has 0 fully saturated rings. The topological polar surface area (TPSA) is 51.0 Å². The van der Waals surface area contributed by atoms with Crippen LogP contribution in [0.1, 0.15) is 37.8 Å². The fourth-order valence-corrected chi connectivity index (χ4v) is 1.73. The maximum absolute atomic E-state index is 5.57. The van der Waals surface area contributed by atoms with E-state index in [2.05, 4.69) is 67.5 Å². The van der Waals surface area contributed by atoms with E-state index in [-0.39, 0.29) is 5.54 Å². The van der Waals surface area contributed by atoms with Crippen LogP contribution < -0.4 is 5.32 Å². The first-order valence-electron chi connectivity index (χ1n) is 6.58. The quantitative estimate of drug-likeness (QED) is 0.914. The van der Waals surface area contributed by atoms with Crippen LogP contribution in [-0.4, -0.2) is 15.7 Å². The molecule has 0 spiro atoms. The molecular formula is C15H21N3O. The lowest BCUT2D eigenvalue weighted by atomic mass is 10.1. The molecule has 1 heterocycles. The molecular weight excluding hydrogens is 238 g/mol. The summed E-state index contributed by atoms with van der Waals surface area (Å²) in [6, 6.07) is 9.01. The van der Waals surface area contributed by atoms with Gasteiger partial charge in [0.05, 0.1) is 0 Å². The van der Waals surface area contributed by atoms with Crippen molar-refractivity contribution in [2.45, 2.75) is 46.1 Å². The predicted molar refractivity (Wildman–Crippen MR) is 76.3 cm³/mol. The molecule has 0 unspecified atom stereocenters. The summed E-state index contributed by atoms with van der Waals surface area (Å²) >= 11 is 0. The summed E-state index contributed by atoms with van der Waals surface area (Å²) in [7, 11) is 0. The van der Waals surface area contributed by atoms with Crippen LogP contribution >= 0.6 is 0 Å². The molecule has 1 N–H and O–H groups in total. The summed E-state index contributed by atoms with van der Waals surface area (Å²) in [4.78, 5) is 0. The number of hydrogen-bond acceptors (Lipinski definition) is 4. The van der Waals surface area contributed by atoms with E-state index in [4.69, 9.17) is 4.42 Å². The second kappa shape index (κ2) is 5.43. The Bertz CT molecular complexity index is 523. The second-order valence-corrected chi connectivity index (χ2v) is 5.86. The Morgan fingerprint density at radius 2 is 1.74 bits per heavy atom. The Kier molecular flexibility index (Phi) is 3.88. The Morgan fingerprint density at radius 3 is 2.37 bits per heavy atom. The van der Waals surface area contributed by atoms with Gasteiger partial charge in [-0.05, 0) is 39.7 Å². The molecule has 1 aromatic carbocycles. The average molecular weight is 259 g/mol. The SMILES string of the molecule is Cc1ccc(CCc2nnc(NC(C)(C)C)o2)cc1. The van der Waals surface area contributed by atoms with Crippen LogP contribution in [0.5, 0.6) is 0 Å². The average Bonchev–Trinajstić information content (AvgIpc) is 2.73. The molecule has 0 amide bonds. The van der Waals surface area contributed by atoms with Crippen molar-refractivity contribution < 1.29 is 4.42 Å². The molecule has 0 saturated heterocycles. The highest BCUT2D eigenvalue weighted by molar-refractivity contribution is 5.23. The first-order chi connectivity index (χ1) is 8.92. The van der Waals surface area contributed by atoms with Gasteiger partial charge in [-0.25, -0.2) is 0 Å². The van der Waals surface area contributed by atoms with Gasteiger partial charge in [0.1, 0.15) is 0 Å². The molecule has 4 nitrogen and oxygen atoms in total. The highest BCUT2D eigenvalue weighted by Crippen LogP contribution is 2.14. The molecule has 2 rings (SSSR count). The third kappa shape index (κ3) is 4.39. The van der Waals surface area contributed by atoms with E-state index in [0.29, 0.717) is 11.9 Å². The van der Waals surface area contributed by atoms with Gasteiger partial charge in [0, 0.05) is 12.0 Å². The molecule has 0 aliphatic rings. The number of nitrogens with zero attached hydrogens (tertiary/aromatic N) is 2. The number of hydrogen-bond donors (Lipinski definition) is 1. The van der Waals surface area contributed by atoms with Crippen molar-refractivity contribution in [1.29, 1.82) is 0 Å². The minimum Gasteiger partial charge on any atom is -0.408 e. The molecule has 0 radical (unpaired) electrons. The lowest BCUT2D eigenvalue weighted by Crippen LogP contribution is -2.26. The largest absolute Gasteiger partial charge is 0.408 e. The van der Waals surface area contributed by atoms with E-state index in [1.165, 1.54) is 11.1 Å². The van der Waals surface area contributed by atoms with Crippen LogP contribution in [0.3, 0.4) is 0 Å².